The molecule has 0 unspecified atom stereocenters. The number of nitrogens with one attached hydrogen (secondary N) is 1. The Morgan fingerprint density at radius 3 is 2.48 bits per heavy atom. The average molecular weight is 354 g/mol. The van der Waals surface area contributed by atoms with Gasteiger partial charge >= 0.3 is 0 Å². The lowest BCUT2D eigenvalue weighted by atomic mass is 10.1. The number of hydrogen-bond donors (Lipinski definition) is 1. The molecule has 0 saturated heterocycles. The predicted octanol–water partition coefficient (Wildman–Crippen LogP) is 2.07. The molecule has 8 heteroatoms. The van der Waals surface area contributed by atoms with Crippen LogP contribution in [0.4, 0.5) is 0 Å². The third kappa shape index (κ3) is 4.40. The molecule has 1 aromatic carbocycles. The number of ketones is 1. The first-order chi connectivity index (χ1) is 10.9. The molecule has 120 valence electrons. The Bertz CT molecular complexity index is 801. The molecule has 1 amide bonds. The standard InChI is InChI=1S/C15H13Cl2N3O3/c1-9(21)18-6-10-2-4-11(5-3-10)13(22)8-20-15(23)14(17)12(16)7-19-20/h2-5,7H,6,8H2,1H3,(H,18,21). The molecule has 1 aromatic heterocycles. The van der Waals surface area contributed by atoms with Gasteiger partial charge in [-0.05, 0) is 5.56 Å². The number of benzene rings is 1. The van der Waals surface area contributed by atoms with Gasteiger partial charge in [-0.1, -0.05) is 47.5 Å². The van der Waals surface area contributed by atoms with Crippen molar-refractivity contribution < 1.29 is 9.59 Å². The van der Waals surface area contributed by atoms with Crippen LogP contribution in [0, 0.1) is 0 Å². The molecule has 1 heterocycles. The van der Waals surface area contributed by atoms with Crippen LogP contribution in [0.25, 0.3) is 0 Å². The van der Waals surface area contributed by atoms with Crippen LogP contribution < -0.4 is 10.9 Å². The first-order valence-corrected chi connectivity index (χ1v) is 7.42. The fraction of sp³-hybridized carbons (Fsp3) is 0.200. The van der Waals surface area contributed by atoms with Crippen LogP contribution in [0.2, 0.25) is 10.0 Å². The number of aromatic nitrogens is 2. The second-order valence-electron chi connectivity index (χ2n) is 4.80. The van der Waals surface area contributed by atoms with Gasteiger partial charge in [-0.3, -0.25) is 14.4 Å². The van der Waals surface area contributed by atoms with Crippen molar-refractivity contribution in [2.24, 2.45) is 0 Å². The monoisotopic (exact) mass is 353 g/mol. The molecular weight excluding hydrogens is 341 g/mol. The fourth-order valence-electron chi connectivity index (χ4n) is 1.82. The first kappa shape index (κ1) is 17.2. The van der Waals surface area contributed by atoms with E-state index in [1.807, 2.05) is 0 Å². The topological polar surface area (TPSA) is 81.1 Å². The minimum atomic E-state index is -0.616. The summed E-state index contributed by atoms with van der Waals surface area (Å²) < 4.78 is 0.960. The highest BCUT2D eigenvalue weighted by Gasteiger charge is 2.12. The Morgan fingerprint density at radius 1 is 1.22 bits per heavy atom. The zero-order valence-electron chi connectivity index (χ0n) is 12.2. The molecule has 0 aliphatic rings. The van der Waals surface area contributed by atoms with Crippen molar-refractivity contribution in [3.63, 3.8) is 0 Å². The predicted molar refractivity (Wildman–Crippen MR) is 86.8 cm³/mol. The van der Waals surface area contributed by atoms with Gasteiger partial charge in [0.25, 0.3) is 5.56 Å². The Labute approximate surface area is 142 Å². The van der Waals surface area contributed by atoms with Crippen LogP contribution in [-0.4, -0.2) is 21.5 Å². The van der Waals surface area contributed by atoms with Gasteiger partial charge < -0.3 is 5.32 Å². The van der Waals surface area contributed by atoms with Crippen LogP contribution in [0.5, 0.6) is 0 Å². The van der Waals surface area contributed by atoms with Crippen molar-refractivity contribution in [3.05, 3.63) is 62.0 Å². The van der Waals surface area contributed by atoms with E-state index >= 15 is 0 Å². The summed E-state index contributed by atoms with van der Waals surface area (Å²) in [6, 6.07) is 6.71. The minimum absolute atomic E-state index is 0.0442. The smallest absolute Gasteiger partial charge is 0.287 e. The maximum absolute atomic E-state index is 12.2. The van der Waals surface area contributed by atoms with Gasteiger partial charge in [0, 0.05) is 19.0 Å². The van der Waals surface area contributed by atoms with Crippen molar-refractivity contribution in [1.82, 2.24) is 15.1 Å². The highest BCUT2D eigenvalue weighted by Crippen LogP contribution is 2.14. The number of amides is 1. The van der Waals surface area contributed by atoms with Crippen LogP contribution in [0.3, 0.4) is 0 Å². The van der Waals surface area contributed by atoms with E-state index in [4.69, 9.17) is 23.2 Å². The molecular formula is C15H13Cl2N3O3. The van der Waals surface area contributed by atoms with E-state index in [0.717, 1.165) is 10.2 Å². The lowest BCUT2D eigenvalue weighted by Crippen LogP contribution is -2.27. The van der Waals surface area contributed by atoms with E-state index < -0.39 is 5.56 Å². The quantitative estimate of drug-likeness (QED) is 0.834. The molecule has 0 radical (unpaired) electrons. The van der Waals surface area contributed by atoms with E-state index in [1.54, 1.807) is 24.3 Å². The summed E-state index contributed by atoms with van der Waals surface area (Å²) in [4.78, 5) is 34.9. The van der Waals surface area contributed by atoms with Crippen molar-refractivity contribution in [2.75, 3.05) is 0 Å². The normalized spacial score (nSPS) is 10.4. The largest absolute Gasteiger partial charge is 0.352 e. The number of carbonyl (C=O) groups excluding carboxylic acids is 2. The summed E-state index contributed by atoms with van der Waals surface area (Å²) in [5.74, 6) is -0.417. The lowest BCUT2D eigenvalue weighted by molar-refractivity contribution is -0.119. The molecule has 0 aliphatic heterocycles. The van der Waals surface area contributed by atoms with Crippen molar-refractivity contribution in [3.8, 4) is 0 Å². The molecule has 0 fully saturated rings. The number of nitrogens with zero attached hydrogens (tertiary/aromatic N) is 2. The Balaban J connectivity index is 2.11. The average Bonchev–Trinajstić information content (AvgIpc) is 2.54. The van der Waals surface area contributed by atoms with Gasteiger partial charge in [-0.2, -0.15) is 5.10 Å². The molecule has 2 rings (SSSR count). The van der Waals surface area contributed by atoms with Gasteiger partial charge in [0.1, 0.15) is 11.6 Å². The SMILES string of the molecule is CC(=O)NCc1ccc(C(=O)Cn2ncc(Cl)c(Cl)c2=O)cc1. The Kier molecular flexibility index (Phi) is 5.52. The molecule has 1 N–H and O–H groups in total. The van der Waals surface area contributed by atoms with Crippen molar-refractivity contribution in [1.29, 1.82) is 0 Å². The second kappa shape index (κ2) is 7.39. The molecule has 0 spiro atoms. The molecule has 23 heavy (non-hydrogen) atoms. The van der Waals surface area contributed by atoms with Gasteiger partial charge in [-0.25, -0.2) is 4.68 Å². The van der Waals surface area contributed by atoms with Gasteiger partial charge in [0.05, 0.1) is 11.2 Å². The molecule has 0 saturated carbocycles. The van der Waals surface area contributed by atoms with E-state index in [0.29, 0.717) is 12.1 Å². The number of carbonyl (C=O) groups is 2. The lowest BCUT2D eigenvalue weighted by Gasteiger charge is -2.06. The van der Waals surface area contributed by atoms with Gasteiger partial charge in [-0.15, -0.1) is 0 Å². The molecule has 6 nitrogen and oxygen atoms in total. The molecule has 0 aliphatic carbocycles. The second-order valence-corrected chi connectivity index (χ2v) is 5.58. The minimum Gasteiger partial charge on any atom is -0.352 e. The number of Topliss-reactive ketones (excluding diaryl/α,β-unsaturated/α-hetero) is 1. The molecule has 0 atom stereocenters. The fourth-order valence-corrected chi connectivity index (χ4v) is 2.09. The summed E-state index contributed by atoms with van der Waals surface area (Å²) in [7, 11) is 0. The highest BCUT2D eigenvalue weighted by atomic mass is 35.5. The maximum atomic E-state index is 12.2. The van der Waals surface area contributed by atoms with Crippen molar-refractivity contribution in [2.45, 2.75) is 20.0 Å². The maximum Gasteiger partial charge on any atom is 0.287 e. The summed E-state index contributed by atoms with van der Waals surface area (Å²) in [6.45, 7) is 1.58. The number of halogens is 2. The zero-order valence-corrected chi connectivity index (χ0v) is 13.7. The van der Waals surface area contributed by atoms with Crippen LogP contribution in [-0.2, 0) is 17.9 Å². The van der Waals surface area contributed by atoms with E-state index in [1.165, 1.54) is 13.1 Å². The van der Waals surface area contributed by atoms with Crippen LogP contribution in [0.15, 0.2) is 35.3 Å². The number of hydrogen-bond acceptors (Lipinski definition) is 4. The van der Waals surface area contributed by atoms with Crippen LogP contribution in [0.1, 0.15) is 22.8 Å². The summed E-state index contributed by atoms with van der Waals surface area (Å²) in [5, 5.41) is 6.33. The van der Waals surface area contributed by atoms with E-state index in [9.17, 15) is 14.4 Å². The Morgan fingerprint density at radius 2 is 1.87 bits per heavy atom. The summed E-state index contributed by atoms with van der Waals surface area (Å²) in [6.07, 6.45) is 1.22. The molecule has 2 aromatic rings. The number of rotatable bonds is 5. The Hall–Kier alpha value is -2.18. The highest BCUT2D eigenvalue weighted by molar-refractivity contribution is 6.41. The summed E-state index contributed by atoms with van der Waals surface area (Å²) >= 11 is 11.4. The van der Waals surface area contributed by atoms with Crippen molar-refractivity contribution >= 4 is 34.9 Å². The van der Waals surface area contributed by atoms with Gasteiger partial charge in [0.15, 0.2) is 5.78 Å². The van der Waals surface area contributed by atoms with E-state index in [-0.39, 0.29) is 28.3 Å². The van der Waals surface area contributed by atoms with Crippen LogP contribution >= 0.6 is 23.2 Å². The van der Waals surface area contributed by atoms with Gasteiger partial charge in [0.2, 0.25) is 5.91 Å². The third-order valence-corrected chi connectivity index (χ3v) is 3.80. The third-order valence-electron chi connectivity index (χ3n) is 3.05. The summed E-state index contributed by atoms with van der Waals surface area (Å²) in [5.41, 5.74) is 0.674. The zero-order chi connectivity index (χ0) is 17.0. The van der Waals surface area contributed by atoms with E-state index in [2.05, 4.69) is 10.4 Å². The molecule has 0 bridgehead atoms. The first-order valence-electron chi connectivity index (χ1n) is 6.66.